The van der Waals surface area contributed by atoms with Crippen LogP contribution >= 0.6 is 34.8 Å². The summed E-state index contributed by atoms with van der Waals surface area (Å²) in [4.78, 5) is 21.2. The number of nitrogens with zero attached hydrogens (tertiary/aromatic N) is 2. The molecule has 162 valence electrons. The van der Waals surface area contributed by atoms with Crippen molar-refractivity contribution < 1.29 is 14.3 Å². The Labute approximate surface area is 191 Å². The van der Waals surface area contributed by atoms with Gasteiger partial charge in [-0.2, -0.15) is 5.10 Å². The van der Waals surface area contributed by atoms with Crippen LogP contribution in [0.25, 0.3) is 0 Å². The van der Waals surface area contributed by atoms with Gasteiger partial charge in [0, 0.05) is 41.2 Å². The Bertz CT molecular complexity index is 860. The number of ether oxygens (including phenoxy) is 1. The number of hydrogen-bond donors (Lipinski definition) is 1. The van der Waals surface area contributed by atoms with Crippen LogP contribution in [-0.4, -0.2) is 31.9 Å². The highest BCUT2D eigenvalue weighted by Gasteiger charge is 2.16. The van der Waals surface area contributed by atoms with Gasteiger partial charge in [-0.1, -0.05) is 46.9 Å². The Balaban J connectivity index is 0.000000656. The highest BCUT2D eigenvalue weighted by atomic mass is 35.5. The second kappa shape index (κ2) is 13.2. The van der Waals surface area contributed by atoms with Crippen molar-refractivity contribution >= 4 is 58.5 Å². The SMILES string of the molecule is CC(=O)N(N=C(C)C)c1cc(Cl)c(Cc2ccc(Cl)cc2)c(Cl)c1.COCNC=O. The van der Waals surface area contributed by atoms with E-state index in [1.165, 1.54) is 19.0 Å². The van der Waals surface area contributed by atoms with Crippen LogP contribution in [0.15, 0.2) is 41.5 Å². The molecule has 0 fully saturated rings. The van der Waals surface area contributed by atoms with E-state index in [1.807, 2.05) is 38.1 Å². The van der Waals surface area contributed by atoms with Crippen LogP contribution in [0.2, 0.25) is 15.1 Å². The van der Waals surface area contributed by atoms with Gasteiger partial charge in [-0.25, -0.2) is 5.01 Å². The van der Waals surface area contributed by atoms with Crippen LogP contribution in [0.5, 0.6) is 0 Å². The van der Waals surface area contributed by atoms with Gasteiger partial charge in [-0.05, 0) is 49.2 Å². The first kappa shape index (κ1) is 25.9. The molecule has 2 aromatic carbocycles. The van der Waals surface area contributed by atoms with Gasteiger partial charge in [0.2, 0.25) is 12.3 Å². The largest absolute Gasteiger partial charge is 0.365 e. The molecular formula is C21H24Cl3N3O3. The lowest BCUT2D eigenvalue weighted by Crippen LogP contribution is -2.23. The summed E-state index contributed by atoms with van der Waals surface area (Å²) in [6.45, 7) is 5.36. The van der Waals surface area contributed by atoms with Crippen LogP contribution < -0.4 is 10.3 Å². The van der Waals surface area contributed by atoms with E-state index in [-0.39, 0.29) is 5.91 Å². The Hall–Kier alpha value is -2.12. The maximum Gasteiger partial charge on any atom is 0.244 e. The minimum absolute atomic E-state index is 0.214. The van der Waals surface area contributed by atoms with Crippen LogP contribution in [0.4, 0.5) is 5.69 Å². The maximum atomic E-state index is 11.8. The molecule has 0 aliphatic carbocycles. The zero-order chi connectivity index (χ0) is 22.7. The van der Waals surface area contributed by atoms with Gasteiger partial charge >= 0.3 is 0 Å². The molecule has 6 nitrogen and oxygen atoms in total. The van der Waals surface area contributed by atoms with E-state index in [4.69, 9.17) is 34.8 Å². The predicted molar refractivity (Wildman–Crippen MR) is 124 cm³/mol. The van der Waals surface area contributed by atoms with Gasteiger partial charge in [0.25, 0.3) is 0 Å². The zero-order valence-electron chi connectivity index (χ0n) is 17.2. The van der Waals surface area contributed by atoms with Crippen molar-refractivity contribution in [2.24, 2.45) is 5.10 Å². The molecule has 2 aromatic rings. The van der Waals surface area contributed by atoms with Crippen LogP contribution in [-0.2, 0) is 20.7 Å². The van der Waals surface area contributed by atoms with E-state index >= 15 is 0 Å². The number of anilines is 1. The standard InChI is InChI=1S/C18H17Cl3N2O.C3H7NO2/c1-11(2)22-23(12(3)24)15-9-17(20)16(18(21)10-15)8-13-4-6-14(19)7-5-13;1-6-3-4-2-5/h4-7,9-10H,8H2,1-3H3;2H,3H2,1H3,(H,4,5). The third kappa shape index (κ3) is 8.71. The molecule has 2 amide bonds. The Morgan fingerprint density at radius 1 is 1.10 bits per heavy atom. The minimum atomic E-state index is -0.214. The summed E-state index contributed by atoms with van der Waals surface area (Å²) in [6.07, 6.45) is 1.16. The number of hydrogen-bond acceptors (Lipinski definition) is 4. The fraction of sp³-hybridized carbons (Fsp3) is 0.286. The van der Waals surface area contributed by atoms with Gasteiger partial charge in [0.1, 0.15) is 6.73 Å². The third-order valence-electron chi connectivity index (χ3n) is 3.57. The number of nitrogens with one attached hydrogen (secondary N) is 1. The van der Waals surface area contributed by atoms with Crippen LogP contribution in [0.1, 0.15) is 31.9 Å². The van der Waals surface area contributed by atoms with Crippen molar-refractivity contribution in [3.8, 4) is 0 Å². The average molecular weight is 473 g/mol. The van der Waals surface area contributed by atoms with E-state index in [9.17, 15) is 9.59 Å². The summed E-state index contributed by atoms with van der Waals surface area (Å²) in [5, 5.41) is 9.46. The van der Waals surface area contributed by atoms with Gasteiger partial charge in [0.15, 0.2) is 0 Å². The lowest BCUT2D eigenvalue weighted by atomic mass is 10.0. The minimum Gasteiger partial charge on any atom is -0.365 e. The van der Waals surface area contributed by atoms with Crippen molar-refractivity contribution in [1.29, 1.82) is 0 Å². The summed E-state index contributed by atoms with van der Waals surface area (Å²) in [5.74, 6) is -0.214. The molecule has 2 rings (SSSR count). The second-order valence-corrected chi connectivity index (χ2v) is 7.58. The molecule has 0 aliphatic rings. The van der Waals surface area contributed by atoms with Crippen molar-refractivity contribution in [2.45, 2.75) is 27.2 Å². The number of halogens is 3. The van der Waals surface area contributed by atoms with Crippen LogP contribution in [0.3, 0.4) is 0 Å². The molecule has 0 saturated carbocycles. The summed E-state index contributed by atoms with van der Waals surface area (Å²) in [5.41, 5.74) is 3.13. The summed E-state index contributed by atoms with van der Waals surface area (Å²) >= 11 is 18.7. The number of carbonyl (C=O) groups is 2. The first-order valence-corrected chi connectivity index (χ1v) is 10.0. The Morgan fingerprint density at radius 2 is 1.67 bits per heavy atom. The highest BCUT2D eigenvalue weighted by molar-refractivity contribution is 6.36. The van der Waals surface area contributed by atoms with Crippen molar-refractivity contribution in [1.82, 2.24) is 5.32 Å². The van der Waals surface area contributed by atoms with E-state index in [0.717, 1.165) is 16.8 Å². The number of carbonyl (C=O) groups excluding carboxylic acids is 2. The molecule has 30 heavy (non-hydrogen) atoms. The number of benzene rings is 2. The van der Waals surface area contributed by atoms with E-state index in [0.29, 0.717) is 40.3 Å². The van der Waals surface area contributed by atoms with E-state index < -0.39 is 0 Å². The van der Waals surface area contributed by atoms with Gasteiger partial charge in [0.05, 0.1) is 5.69 Å². The smallest absolute Gasteiger partial charge is 0.244 e. The van der Waals surface area contributed by atoms with Gasteiger partial charge < -0.3 is 10.1 Å². The average Bonchev–Trinajstić information content (AvgIpc) is 2.68. The monoisotopic (exact) mass is 471 g/mol. The fourth-order valence-electron chi connectivity index (χ4n) is 2.31. The molecule has 0 atom stereocenters. The van der Waals surface area contributed by atoms with Crippen molar-refractivity contribution in [3.63, 3.8) is 0 Å². The molecule has 9 heteroatoms. The van der Waals surface area contributed by atoms with Gasteiger partial charge in [-0.15, -0.1) is 0 Å². The Morgan fingerprint density at radius 3 is 2.07 bits per heavy atom. The first-order chi connectivity index (χ1) is 14.2. The first-order valence-electron chi connectivity index (χ1n) is 8.90. The van der Waals surface area contributed by atoms with E-state index in [2.05, 4.69) is 15.2 Å². The lowest BCUT2D eigenvalue weighted by Gasteiger charge is -2.18. The molecule has 0 aliphatic heterocycles. The maximum absolute atomic E-state index is 11.8. The quantitative estimate of drug-likeness (QED) is 0.195. The summed E-state index contributed by atoms with van der Waals surface area (Å²) in [6, 6.07) is 10.9. The summed E-state index contributed by atoms with van der Waals surface area (Å²) < 4.78 is 4.44. The van der Waals surface area contributed by atoms with Crippen molar-refractivity contribution in [2.75, 3.05) is 18.8 Å². The predicted octanol–water partition coefficient (Wildman–Crippen LogP) is 5.32. The number of amides is 2. The lowest BCUT2D eigenvalue weighted by molar-refractivity contribution is -0.116. The molecule has 1 N–H and O–H groups in total. The molecule has 0 spiro atoms. The molecular weight excluding hydrogens is 449 g/mol. The molecule has 0 radical (unpaired) electrons. The third-order valence-corrected chi connectivity index (χ3v) is 4.50. The number of methoxy groups -OCH3 is 1. The summed E-state index contributed by atoms with van der Waals surface area (Å²) in [7, 11) is 1.51. The van der Waals surface area contributed by atoms with Crippen molar-refractivity contribution in [3.05, 3.63) is 62.6 Å². The molecule has 0 bridgehead atoms. The van der Waals surface area contributed by atoms with E-state index in [1.54, 1.807) is 12.1 Å². The fourth-order valence-corrected chi connectivity index (χ4v) is 3.05. The highest BCUT2D eigenvalue weighted by Crippen LogP contribution is 2.33. The normalized spacial score (nSPS) is 9.83. The second-order valence-electron chi connectivity index (χ2n) is 6.32. The molecule has 0 unspecified atom stereocenters. The zero-order valence-corrected chi connectivity index (χ0v) is 19.5. The topological polar surface area (TPSA) is 71.0 Å². The van der Waals surface area contributed by atoms with Crippen LogP contribution in [0, 0.1) is 0 Å². The number of hydrazone groups is 1. The molecule has 0 saturated heterocycles. The molecule has 0 aromatic heterocycles. The molecule has 0 heterocycles. The van der Waals surface area contributed by atoms with Gasteiger partial charge in [-0.3, -0.25) is 9.59 Å². The Kier molecular flexibility index (Phi) is 11.4. The number of rotatable bonds is 7.